The lowest BCUT2D eigenvalue weighted by molar-refractivity contribution is 0.282. The molecule has 100 valence electrons. The minimum atomic E-state index is -0.0373. The molecule has 0 atom stereocenters. The van der Waals surface area contributed by atoms with Gasteiger partial charge in [-0.25, -0.2) is 4.98 Å². The molecule has 0 spiro atoms. The Kier molecular flexibility index (Phi) is 3.35. The van der Waals surface area contributed by atoms with Crippen molar-refractivity contribution in [2.24, 2.45) is 0 Å². The maximum atomic E-state index is 9.59. The van der Waals surface area contributed by atoms with E-state index >= 15 is 0 Å². The predicted octanol–water partition coefficient (Wildman–Crippen LogP) is 3.40. The standard InChI is InChI=1S/C17H15NO2/c1-20-15-9-5-8-13-10-14(11-19)16(18-17(13)15)12-6-3-2-4-7-12/h2-10,19H,11H2,1H3. The predicted molar refractivity (Wildman–Crippen MR) is 79.7 cm³/mol. The molecule has 3 aromatic rings. The maximum Gasteiger partial charge on any atom is 0.145 e. The maximum absolute atomic E-state index is 9.59. The molecular formula is C17H15NO2. The SMILES string of the molecule is COc1cccc2cc(CO)c(-c3ccccc3)nc12. The highest BCUT2D eigenvalue weighted by Crippen LogP contribution is 2.30. The third kappa shape index (κ3) is 2.12. The summed E-state index contributed by atoms with van der Waals surface area (Å²) in [6, 6.07) is 17.6. The lowest BCUT2D eigenvalue weighted by Gasteiger charge is -2.11. The smallest absolute Gasteiger partial charge is 0.145 e. The number of rotatable bonds is 3. The van der Waals surface area contributed by atoms with Crippen LogP contribution in [0.15, 0.2) is 54.6 Å². The van der Waals surface area contributed by atoms with Gasteiger partial charge in [0.25, 0.3) is 0 Å². The number of aliphatic hydroxyl groups excluding tert-OH is 1. The zero-order valence-electron chi connectivity index (χ0n) is 11.2. The van der Waals surface area contributed by atoms with E-state index in [9.17, 15) is 5.11 Å². The van der Waals surface area contributed by atoms with Crippen LogP contribution in [0.5, 0.6) is 5.75 Å². The Morgan fingerprint density at radius 2 is 1.85 bits per heavy atom. The largest absolute Gasteiger partial charge is 0.494 e. The van der Waals surface area contributed by atoms with Crippen LogP contribution in [-0.2, 0) is 6.61 Å². The van der Waals surface area contributed by atoms with Crippen LogP contribution in [-0.4, -0.2) is 17.2 Å². The molecule has 20 heavy (non-hydrogen) atoms. The number of benzene rings is 2. The first-order valence-electron chi connectivity index (χ1n) is 6.46. The van der Waals surface area contributed by atoms with Gasteiger partial charge < -0.3 is 9.84 Å². The lowest BCUT2D eigenvalue weighted by Crippen LogP contribution is -1.96. The summed E-state index contributed by atoms with van der Waals surface area (Å²) in [5.74, 6) is 0.740. The average Bonchev–Trinajstić information content (AvgIpc) is 2.53. The van der Waals surface area contributed by atoms with Gasteiger partial charge in [-0.3, -0.25) is 0 Å². The molecule has 0 aliphatic heterocycles. The van der Waals surface area contributed by atoms with Gasteiger partial charge >= 0.3 is 0 Å². The van der Waals surface area contributed by atoms with Gasteiger partial charge in [-0.05, 0) is 12.1 Å². The average molecular weight is 265 g/mol. The first-order chi connectivity index (χ1) is 9.83. The van der Waals surface area contributed by atoms with Gasteiger partial charge in [0, 0.05) is 16.5 Å². The first kappa shape index (κ1) is 12.6. The Bertz CT molecular complexity index is 739. The second-order valence-electron chi connectivity index (χ2n) is 4.55. The molecule has 0 fully saturated rings. The van der Waals surface area contributed by atoms with E-state index in [0.717, 1.165) is 33.5 Å². The number of nitrogens with zero attached hydrogens (tertiary/aromatic N) is 1. The molecule has 0 amide bonds. The number of hydrogen-bond acceptors (Lipinski definition) is 3. The molecule has 1 aromatic heterocycles. The van der Waals surface area contributed by atoms with E-state index in [4.69, 9.17) is 9.72 Å². The molecule has 0 unspecified atom stereocenters. The van der Waals surface area contributed by atoms with Crippen molar-refractivity contribution in [3.05, 3.63) is 60.2 Å². The van der Waals surface area contributed by atoms with Gasteiger partial charge in [0.1, 0.15) is 11.3 Å². The van der Waals surface area contributed by atoms with Crippen molar-refractivity contribution in [2.45, 2.75) is 6.61 Å². The molecule has 0 saturated carbocycles. The Balaban J connectivity index is 2.30. The van der Waals surface area contributed by atoms with Crippen molar-refractivity contribution in [1.29, 1.82) is 0 Å². The number of hydrogen-bond donors (Lipinski definition) is 1. The summed E-state index contributed by atoms with van der Waals surface area (Å²) in [7, 11) is 1.64. The number of fused-ring (bicyclic) bond motifs is 1. The molecule has 3 heteroatoms. The number of methoxy groups -OCH3 is 1. The summed E-state index contributed by atoms with van der Waals surface area (Å²) < 4.78 is 5.37. The van der Waals surface area contributed by atoms with E-state index in [0.29, 0.717) is 0 Å². The Hall–Kier alpha value is -2.39. The second-order valence-corrected chi connectivity index (χ2v) is 4.55. The van der Waals surface area contributed by atoms with Crippen molar-refractivity contribution in [1.82, 2.24) is 4.98 Å². The van der Waals surface area contributed by atoms with Crippen molar-refractivity contribution in [3.8, 4) is 17.0 Å². The normalized spacial score (nSPS) is 10.7. The van der Waals surface area contributed by atoms with Crippen LogP contribution in [0.25, 0.3) is 22.2 Å². The van der Waals surface area contributed by atoms with Gasteiger partial charge in [0.15, 0.2) is 0 Å². The van der Waals surface area contributed by atoms with E-state index in [1.165, 1.54) is 0 Å². The third-order valence-corrected chi connectivity index (χ3v) is 3.33. The van der Waals surface area contributed by atoms with Crippen LogP contribution in [0.2, 0.25) is 0 Å². The fourth-order valence-corrected chi connectivity index (χ4v) is 2.35. The molecule has 0 bridgehead atoms. The van der Waals surface area contributed by atoms with Crippen LogP contribution in [0.3, 0.4) is 0 Å². The summed E-state index contributed by atoms with van der Waals surface area (Å²) in [6.07, 6.45) is 0. The van der Waals surface area contributed by atoms with Gasteiger partial charge in [0.2, 0.25) is 0 Å². The van der Waals surface area contributed by atoms with Crippen LogP contribution >= 0.6 is 0 Å². The molecular weight excluding hydrogens is 250 g/mol. The molecule has 0 aliphatic carbocycles. The molecule has 1 heterocycles. The van der Waals surface area contributed by atoms with E-state index in [1.54, 1.807) is 7.11 Å². The van der Waals surface area contributed by atoms with Gasteiger partial charge in [-0.1, -0.05) is 42.5 Å². The summed E-state index contributed by atoms with van der Waals surface area (Å²) in [6.45, 7) is -0.0373. The van der Waals surface area contributed by atoms with Crippen LogP contribution < -0.4 is 4.74 Å². The minimum absolute atomic E-state index is 0.0373. The van der Waals surface area contributed by atoms with Crippen LogP contribution in [0, 0.1) is 0 Å². The minimum Gasteiger partial charge on any atom is -0.494 e. The number of para-hydroxylation sites is 1. The van der Waals surface area contributed by atoms with Gasteiger partial charge in [0.05, 0.1) is 19.4 Å². The first-order valence-corrected chi connectivity index (χ1v) is 6.46. The Morgan fingerprint density at radius 1 is 1.05 bits per heavy atom. The van der Waals surface area contributed by atoms with Crippen molar-refractivity contribution >= 4 is 10.9 Å². The molecule has 0 saturated heterocycles. The summed E-state index contributed by atoms with van der Waals surface area (Å²) in [5.41, 5.74) is 3.41. The van der Waals surface area contributed by atoms with Gasteiger partial charge in [-0.15, -0.1) is 0 Å². The zero-order chi connectivity index (χ0) is 13.9. The molecule has 1 N–H and O–H groups in total. The summed E-state index contributed by atoms with van der Waals surface area (Å²) >= 11 is 0. The number of aromatic nitrogens is 1. The van der Waals surface area contributed by atoms with Crippen molar-refractivity contribution < 1.29 is 9.84 Å². The highest BCUT2D eigenvalue weighted by Gasteiger charge is 2.11. The molecule has 2 aromatic carbocycles. The van der Waals surface area contributed by atoms with E-state index in [2.05, 4.69) is 0 Å². The van der Waals surface area contributed by atoms with E-state index in [1.807, 2.05) is 54.6 Å². The second kappa shape index (κ2) is 5.31. The third-order valence-electron chi connectivity index (χ3n) is 3.33. The lowest BCUT2D eigenvalue weighted by atomic mass is 10.0. The fraction of sp³-hybridized carbons (Fsp3) is 0.118. The zero-order valence-corrected chi connectivity index (χ0v) is 11.2. The fourth-order valence-electron chi connectivity index (χ4n) is 2.35. The highest BCUT2D eigenvalue weighted by atomic mass is 16.5. The number of aliphatic hydroxyl groups is 1. The quantitative estimate of drug-likeness (QED) is 0.789. The van der Waals surface area contributed by atoms with Crippen molar-refractivity contribution in [2.75, 3.05) is 7.11 Å². The molecule has 0 aliphatic rings. The number of ether oxygens (including phenoxy) is 1. The Morgan fingerprint density at radius 3 is 2.55 bits per heavy atom. The summed E-state index contributed by atoms with van der Waals surface area (Å²) in [5, 5.41) is 10.6. The molecule has 3 rings (SSSR count). The van der Waals surface area contributed by atoms with Crippen LogP contribution in [0.1, 0.15) is 5.56 Å². The molecule has 3 nitrogen and oxygen atoms in total. The number of pyridine rings is 1. The van der Waals surface area contributed by atoms with E-state index < -0.39 is 0 Å². The monoisotopic (exact) mass is 265 g/mol. The van der Waals surface area contributed by atoms with E-state index in [-0.39, 0.29) is 6.61 Å². The van der Waals surface area contributed by atoms with Gasteiger partial charge in [-0.2, -0.15) is 0 Å². The topological polar surface area (TPSA) is 42.4 Å². The summed E-state index contributed by atoms with van der Waals surface area (Å²) in [4.78, 5) is 4.70. The van der Waals surface area contributed by atoms with Crippen molar-refractivity contribution in [3.63, 3.8) is 0 Å². The highest BCUT2D eigenvalue weighted by molar-refractivity contribution is 5.88. The molecule has 0 radical (unpaired) electrons. The Labute approximate surface area is 117 Å². The van der Waals surface area contributed by atoms with Crippen LogP contribution in [0.4, 0.5) is 0 Å².